The predicted octanol–water partition coefficient (Wildman–Crippen LogP) is 5.35. The lowest BCUT2D eigenvalue weighted by atomic mass is 9.94. The van der Waals surface area contributed by atoms with Crippen molar-refractivity contribution in [2.75, 3.05) is 14.2 Å². The highest BCUT2D eigenvalue weighted by atomic mass is 19.4. The van der Waals surface area contributed by atoms with E-state index in [1.165, 1.54) is 37.5 Å². The van der Waals surface area contributed by atoms with E-state index in [4.69, 9.17) is 9.47 Å². The Morgan fingerprint density at radius 3 is 2.29 bits per heavy atom. The minimum atomic E-state index is -4.45. The third-order valence-electron chi connectivity index (χ3n) is 6.19. The number of esters is 1. The second kappa shape index (κ2) is 9.89. The van der Waals surface area contributed by atoms with Crippen LogP contribution >= 0.6 is 0 Å². The molecule has 0 heterocycles. The Hall–Kier alpha value is -3.32. The molecule has 0 atom stereocenters. The van der Waals surface area contributed by atoms with Crippen LogP contribution in [-0.2, 0) is 41.5 Å². The lowest BCUT2D eigenvalue weighted by molar-refractivity contribution is -0.140. The summed E-state index contributed by atoms with van der Waals surface area (Å²) in [6.45, 7) is 0.266. The second-order valence-corrected chi connectivity index (χ2v) is 8.41. The van der Waals surface area contributed by atoms with Gasteiger partial charge >= 0.3 is 12.1 Å². The molecular weight excluding hydrogens is 443 g/mol. The molecular formula is C27H26F3NO3. The zero-order valence-corrected chi connectivity index (χ0v) is 19.0. The summed E-state index contributed by atoms with van der Waals surface area (Å²) in [5, 5.41) is 3.44. The lowest BCUT2D eigenvalue weighted by Gasteiger charge is -2.19. The summed E-state index contributed by atoms with van der Waals surface area (Å²) in [4.78, 5) is 11.8. The zero-order valence-electron chi connectivity index (χ0n) is 19.0. The Morgan fingerprint density at radius 2 is 1.68 bits per heavy atom. The van der Waals surface area contributed by atoms with E-state index in [1.807, 2.05) is 12.1 Å². The van der Waals surface area contributed by atoms with Gasteiger partial charge in [0, 0.05) is 18.2 Å². The first-order chi connectivity index (χ1) is 16.3. The smallest absolute Gasteiger partial charge is 0.416 e. The van der Waals surface area contributed by atoms with Crippen molar-refractivity contribution >= 4 is 5.97 Å². The summed E-state index contributed by atoms with van der Waals surface area (Å²) >= 11 is 0. The monoisotopic (exact) mass is 469 g/mol. The molecule has 34 heavy (non-hydrogen) atoms. The summed E-state index contributed by atoms with van der Waals surface area (Å²) in [6.07, 6.45) is -2.72. The first-order valence-electron chi connectivity index (χ1n) is 11.0. The molecule has 0 radical (unpaired) electrons. The number of benzene rings is 3. The Morgan fingerprint density at radius 1 is 0.971 bits per heavy atom. The third kappa shape index (κ3) is 5.25. The topological polar surface area (TPSA) is 47.6 Å². The number of fused-ring (bicyclic) bond motifs is 1. The highest BCUT2D eigenvalue weighted by Gasteiger charge is 2.31. The number of halogens is 3. The van der Waals surface area contributed by atoms with Gasteiger partial charge in [-0.2, -0.15) is 13.2 Å². The maximum atomic E-state index is 13.5. The SMILES string of the molecule is COC(=O)Cc1ccc(OC)c(-c2ccc(C(F)(F)F)cc2CNC2Cc3ccccc3C2)c1. The van der Waals surface area contributed by atoms with E-state index < -0.39 is 17.7 Å². The molecule has 4 nitrogen and oxygen atoms in total. The fourth-order valence-electron chi connectivity index (χ4n) is 4.45. The quantitative estimate of drug-likeness (QED) is 0.474. The molecule has 0 saturated heterocycles. The van der Waals surface area contributed by atoms with Gasteiger partial charge in [-0.05, 0) is 64.9 Å². The van der Waals surface area contributed by atoms with Crippen LogP contribution in [-0.4, -0.2) is 26.2 Å². The Kier molecular flexibility index (Phi) is 6.93. The fraction of sp³-hybridized carbons (Fsp3) is 0.296. The molecule has 0 amide bonds. The van der Waals surface area contributed by atoms with Gasteiger partial charge < -0.3 is 14.8 Å². The average Bonchev–Trinajstić information content (AvgIpc) is 3.25. The number of alkyl halides is 3. The first kappa shape index (κ1) is 23.8. The van der Waals surface area contributed by atoms with Gasteiger partial charge in [-0.15, -0.1) is 0 Å². The molecule has 0 aliphatic heterocycles. The highest BCUT2D eigenvalue weighted by Crippen LogP contribution is 2.37. The van der Waals surface area contributed by atoms with Crippen LogP contribution in [0.5, 0.6) is 5.75 Å². The molecule has 3 aromatic rings. The normalized spacial score (nSPS) is 13.6. The van der Waals surface area contributed by atoms with Crippen molar-refractivity contribution in [2.45, 2.75) is 38.0 Å². The van der Waals surface area contributed by atoms with Crippen molar-refractivity contribution < 1.29 is 27.4 Å². The first-order valence-corrected chi connectivity index (χ1v) is 11.0. The Labute approximate surface area is 196 Å². The van der Waals surface area contributed by atoms with Crippen LogP contribution in [0.15, 0.2) is 60.7 Å². The Bertz CT molecular complexity index is 1160. The van der Waals surface area contributed by atoms with Gasteiger partial charge in [0.25, 0.3) is 0 Å². The summed E-state index contributed by atoms with van der Waals surface area (Å²) in [6, 6.07) is 17.3. The van der Waals surface area contributed by atoms with Crippen LogP contribution < -0.4 is 10.1 Å². The fourth-order valence-corrected chi connectivity index (χ4v) is 4.45. The molecule has 0 unspecified atom stereocenters. The van der Waals surface area contributed by atoms with Gasteiger partial charge in [0.15, 0.2) is 0 Å². The molecule has 0 spiro atoms. The molecule has 4 rings (SSSR count). The number of ether oxygens (including phenoxy) is 2. The summed E-state index contributed by atoms with van der Waals surface area (Å²) in [5.41, 5.74) is 4.28. The summed E-state index contributed by atoms with van der Waals surface area (Å²) in [5.74, 6) is 0.120. The lowest BCUT2D eigenvalue weighted by Crippen LogP contribution is -2.29. The molecule has 0 bridgehead atoms. The number of carbonyl (C=O) groups is 1. The third-order valence-corrected chi connectivity index (χ3v) is 6.19. The standard InChI is InChI=1S/C27H26F3NO3/c1-33-25-10-7-17(12-26(32)34-2)11-24(25)23-9-8-21(27(28,29)30)13-20(23)16-31-22-14-18-5-3-4-6-19(18)15-22/h3-11,13,22,31H,12,14-16H2,1-2H3. The van der Waals surface area contributed by atoms with Crippen molar-refractivity contribution in [1.29, 1.82) is 0 Å². The van der Waals surface area contributed by atoms with Gasteiger partial charge in [0.05, 0.1) is 26.2 Å². The Balaban J connectivity index is 1.67. The molecule has 7 heteroatoms. The van der Waals surface area contributed by atoms with E-state index in [0.29, 0.717) is 28.0 Å². The number of nitrogens with one attached hydrogen (secondary N) is 1. The van der Waals surface area contributed by atoms with E-state index in [0.717, 1.165) is 18.9 Å². The molecule has 1 aliphatic rings. The number of hydrogen-bond donors (Lipinski definition) is 1. The van der Waals surface area contributed by atoms with Gasteiger partial charge in [-0.1, -0.05) is 36.4 Å². The molecule has 0 aromatic heterocycles. The molecule has 178 valence electrons. The molecule has 0 fully saturated rings. The molecule has 1 aliphatic carbocycles. The van der Waals surface area contributed by atoms with E-state index in [-0.39, 0.29) is 19.0 Å². The van der Waals surface area contributed by atoms with E-state index in [1.54, 1.807) is 18.2 Å². The average molecular weight is 470 g/mol. The number of rotatable bonds is 7. The van der Waals surface area contributed by atoms with Crippen molar-refractivity contribution in [3.8, 4) is 16.9 Å². The summed E-state index contributed by atoms with van der Waals surface area (Å²) < 4.78 is 50.8. The van der Waals surface area contributed by atoms with Crippen LogP contribution in [0.25, 0.3) is 11.1 Å². The van der Waals surface area contributed by atoms with E-state index >= 15 is 0 Å². The molecule has 3 aromatic carbocycles. The maximum absolute atomic E-state index is 13.5. The van der Waals surface area contributed by atoms with Crippen LogP contribution in [0.3, 0.4) is 0 Å². The minimum absolute atomic E-state index is 0.0576. The van der Waals surface area contributed by atoms with Crippen LogP contribution in [0, 0.1) is 0 Å². The van der Waals surface area contributed by atoms with Gasteiger partial charge in [0.2, 0.25) is 0 Å². The van der Waals surface area contributed by atoms with Crippen molar-refractivity contribution in [3.05, 3.63) is 88.5 Å². The van der Waals surface area contributed by atoms with E-state index in [2.05, 4.69) is 17.4 Å². The van der Waals surface area contributed by atoms with Gasteiger partial charge in [0.1, 0.15) is 5.75 Å². The van der Waals surface area contributed by atoms with Crippen LogP contribution in [0.4, 0.5) is 13.2 Å². The maximum Gasteiger partial charge on any atom is 0.416 e. The van der Waals surface area contributed by atoms with Crippen molar-refractivity contribution in [1.82, 2.24) is 5.32 Å². The zero-order chi connectivity index (χ0) is 24.3. The van der Waals surface area contributed by atoms with Gasteiger partial charge in [-0.3, -0.25) is 4.79 Å². The van der Waals surface area contributed by atoms with Gasteiger partial charge in [-0.25, -0.2) is 0 Å². The summed E-state index contributed by atoms with van der Waals surface area (Å²) in [7, 11) is 2.82. The van der Waals surface area contributed by atoms with Crippen molar-refractivity contribution in [2.24, 2.45) is 0 Å². The highest BCUT2D eigenvalue weighted by molar-refractivity contribution is 5.77. The molecule has 1 N–H and O–H groups in total. The second-order valence-electron chi connectivity index (χ2n) is 8.41. The number of hydrogen-bond acceptors (Lipinski definition) is 4. The van der Waals surface area contributed by atoms with Crippen molar-refractivity contribution in [3.63, 3.8) is 0 Å². The largest absolute Gasteiger partial charge is 0.496 e. The molecule has 0 saturated carbocycles. The number of methoxy groups -OCH3 is 2. The van der Waals surface area contributed by atoms with E-state index in [9.17, 15) is 18.0 Å². The predicted molar refractivity (Wildman–Crippen MR) is 124 cm³/mol. The number of carbonyl (C=O) groups excluding carboxylic acids is 1. The van der Waals surface area contributed by atoms with Crippen LogP contribution in [0.1, 0.15) is 27.8 Å². The van der Waals surface area contributed by atoms with Crippen LogP contribution in [0.2, 0.25) is 0 Å². The minimum Gasteiger partial charge on any atom is -0.496 e.